The molecule has 1 saturated heterocycles. The molecule has 3 heteroatoms. The van der Waals surface area contributed by atoms with E-state index in [1.165, 1.54) is 45.2 Å². The highest BCUT2D eigenvalue weighted by Crippen LogP contribution is 2.28. The smallest absolute Gasteiger partial charge is 0.0254 e. The minimum atomic E-state index is 0.709. The molecule has 2 rings (SSSR count). The van der Waals surface area contributed by atoms with E-state index in [9.17, 15) is 0 Å². The third kappa shape index (κ3) is 3.06. The lowest BCUT2D eigenvalue weighted by Crippen LogP contribution is -2.48. The summed E-state index contributed by atoms with van der Waals surface area (Å²) >= 11 is 0. The van der Waals surface area contributed by atoms with Crippen molar-refractivity contribution in [3.05, 3.63) is 0 Å². The normalized spacial score (nSPS) is 39.2. The zero-order chi connectivity index (χ0) is 13.1. The van der Waals surface area contributed by atoms with Gasteiger partial charge in [0.25, 0.3) is 0 Å². The van der Waals surface area contributed by atoms with Crippen LogP contribution < -0.4 is 5.32 Å². The van der Waals surface area contributed by atoms with Gasteiger partial charge < -0.3 is 10.2 Å². The van der Waals surface area contributed by atoms with Crippen LogP contribution in [0.25, 0.3) is 0 Å². The maximum Gasteiger partial charge on any atom is 0.0254 e. The van der Waals surface area contributed by atoms with Crippen LogP contribution >= 0.6 is 0 Å². The van der Waals surface area contributed by atoms with Crippen LogP contribution in [0, 0.1) is 5.92 Å². The maximum atomic E-state index is 3.57. The Bertz CT molecular complexity index is 254. The topological polar surface area (TPSA) is 18.5 Å². The lowest BCUT2D eigenvalue weighted by Gasteiger charge is -2.33. The molecule has 2 aliphatic rings. The van der Waals surface area contributed by atoms with E-state index in [1.807, 2.05) is 0 Å². The number of likely N-dealkylation sites (tertiary alicyclic amines) is 1. The summed E-state index contributed by atoms with van der Waals surface area (Å²) in [6.45, 7) is 4.96. The van der Waals surface area contributed by atoms with Crippen molar-refractivity contribution in [2.75, 3.05) is 34.2 Å². The summed E-state index contributed by atoms with van der Waals surface area (Å²) in [5.41, 5.74) is 0. The molecule has 1 saturated carbocycles. The molecule has 0 amide bonds. The van der Waals surface area contributed by atoms with E-state index in [0.29, 0.717) is 6.04 Å². The minimum absolute atomic E-state index is 0.709. The fourth-order valence-electron chi connectivity index (χ4n) is 3.99. The van der Waals surface area contributed by atoms with E-state index in [0.717, 1.165) is 18.0 Å². The average molecular weight is 253 g/mol. The molecule has 18 heavy (non-hydrogen) atoms. The second kappa shape index (κ2) is 6.36. The molecular formula is C15H31N3. The predicted molar refractivity (Wildman–Crippen MR) is 77.9 cm³/mol. The largest absolute Gasteiger partial charge is 0.315 e. The van der Waals surface area contributed by atoms with Crippen molar-refractivity contribution in [2.45, 2.75) is 57.2 Å². The molecule has 0 spiro atoms. The van der Waals surface area contributed by atoms with Gasteiger partial charge in [-0.2, -0.15) is 0 Å². The van der Waals surface area contributed by atoms with Crippen molar-refractivity contribution in [1.82, 2.24) is 15.1 Å². The van der Waals surface area contributed by atoms with Crippen LogP contribution in [0.4, 0.5) is 0 Å². The molecule has 0 aromatic rings. The van der Waals surface area contributed by atoms with Gasteiger partial charge in [0.1, 0.15) is 0 Å². The summed E-state index contributed by atoms with van der Waals surface area (Å²) in [6.07, 6.45) is 7.00. The first-order valence-electron chi connectivity index (χ1n) is 7.71. The van der Waals surface area contributed by atoms with E-state index in [4.69, 9.17) is 0 Å². The predicted octanol–water partition coefficient (Wildman–Crippen LogP) is 1.79. The van der Waals surface area contributed by atoms with Crippen molar-refractivity contribution in [3.8, 4) is 0 Å². The van der Waals surface area contributed by atoms with Crippen LogP contribution in [0.3, 0.4) is 0 Å². The molecule has 0 radical (unpaired) electrons. The first kappa shape index (κ1) is 14.3. The number of nitrogens with one attached hydrogen (secondary N) is 1. The first-order chi connectivity index (χ1) is 8.63. The van der Waals surface area contributed by atoms with Gasteiger partial charge in [0.2, 0.25) is 0 Å². The molecule has 0 aromatic carbocycles. The highest BCUT2D eigenvalue weighted by Gasteiger charge is 2.37. The zero-order valence-electron chi connectivity index (χ0n) is 12.7. The molecule has 0 aromatic heterocycles. The fourth-order valence-corrected chi connectivity index (χ4v) is 3.99. The summed E-state index contributed by atoms with van der Waals surface area (Å²) in [5.74, 6) is 0.806. The van der Waals surface area contributed by atoms with Crippen LogP contribution in [0.15, 0.2) is 0 Å². The number of hydrogen-bond donors (Lipinski definition) is 1. The molecule has 3 nitrogen and oxygen atoms in total. The third-order valence-corrected chi connectivity index (χ3v) is 5.08. The molecule has 4 unspecified atom stereocenters. The molecule has 1 N–H and O–H groups in total. The highest BCUT2D eigenvalue weighted by atomic mass is 15.3. The molecule has 2 fully saturated rings. The van der Waals surface area contributed by atoms with Crippen LogP contribution in [-0.2, 0) is 0 Å². The Morgan fingerprint density at radius 2 is 1.78 bits per heavy atom. The van der Waals surface area contributed by atoms with Gasteiger partial charge in [0, 0.05) is 31.2 Å². The summed E-state index contributed by atoms with van der Waals surface area (Å²) in [6, 6.07) is 2.22. The fraction of sp³-hybridized carbons (Fsp3) is 1.00. The number of rotatable bonds is 3. The number of nitrogens with zero attached hydrogens (tertiary/aromatic N) is 2. The van der Waals surface area contributed by atoms with Gasteiger partial charge in [-0.3, -0.25) is 4.90 Å². The highest BCUT2D eigenvalue weighted by molar-refractivity contribution is 4.94. The van der Waals surface area contributed by atoms with Crippen molar-refractivity contribution in [2.24, 2.45) is 5.92 Å². The Labute approximate surface area is 113 Å². The second-order valence-electron chi connectivity index (χ2n) is 6.56. The summed E-state index contributed by atoms with van der Waals surface area (Å²) in [4.78, 5) is 5.18. The lowest BCUT2D eigenvalue weighted by atomic mass is 10.0. The summed E-state index contributed by atoms with van der Waals surface area (Å²) in [7, 11) is 6.60. The van der Waals surface area contributed by atoms with E-state index < -0.39 is 0 Å². The van der Waals surface area contributed by atoms with Gasteiger partial charge >= 0.3 is 0 Å². The van der Waals surface area contributed by atoms with E-state index >= 15 is 0 Å². The van der Waals surface area contributed by atoms with Gasteiger partial charge in [0.15, 0.2) is 0 Å². The van der Waals surface area contributed by atoms with Gasteiger partial charge in [-0.1, -0.05) is 26.2 Å². The third-order valence-electron chi connectivity index (χ3n) is 5.08. The molecule has 106 valence electrons. The molecule has 1 heterocycles. The minimum Gasteiger partial charge on any atom is -0.315 e. The lowest BCUT2D eigenvalue weighted by molar-refractivity contribution is 0.171. The van der Waals surface area contributed by atoms with E-state index in [-0.39, 0.29) is 0 Å². The monoisotopic (exact) mass is 253 g/mol. The van der Waals surface area contributed by atoms with Crippen molar-refractivity contribution >= 4 is 0 Å². The van der Waals surface area contributed by atoms with Gasteiger partial charge in [0.05, 0.1) is 0 Å². The summed E-state index contributed by atoms with van der Waals surface area (Å²) in [5, 5.41) is 3.57. The quantitative estimate of drug-likeness (QED) is 0.774. The van der Waals surface area contributed by atoms with Gasteiger partial charge in [-0.15, -0.1) is 0 Å². The van der Waals surface area contributed by atoms with Crippen molar-refractivity contribution in [3.63, 3.8) is 0 Å². The Morgan fingerprint density at radius 1 is 1.06 bits per heavy atom. The van der Waals surface area contributed by atoms with E-state index in [1.54, 1.807) is 0 Å². The van der Waals surface area contributed by atoms with E-state index in [2.05, 4.69) is 43.2 Å². The molecule has 4 atom stereocenters. The first-order valence-corrected chi connectivity index (χ1v) is 7.71. The van der Waals surface area contributed by atoms with Gasteiger partial charge in [-0.25, -0.2) is 0 Å². The Morgan fingerprint density at radius 3 is 2.39 bits per heavy atom. The van der Waals surface area contributed by atoms with Crippen LogP contribution in [0.1, 0.15) is 39.0 Å². The molecule has 1 aliphatic carbocycles. The standard InChI is InChI=1S/C15H31N3/c1-12-10-18(11-15(12)17(3)4)14-9-7-5-6-8-13(14)16-2/h12-16H,5-11H2,1-4H3. The van der Waals surface area contributed by atoms with Crippen LogP contribution in [0.5, 0.6) is 0 Å². The second-order valence-corrected chi connectivity index (χ2v) is 6.56. The Hall–Kier alpha value is -0.120. The van der Waals surface area contributed by atoms with Crippen molar-refractivity contribution in [1.29, 1.82) is 0 Å². The van der Waals surface area contributed by atoms with Gasteiger partial charge in [-0.05, 0) is 39.9 Å². The molecular weight excluding hydrogens is 222 g/mol. The van der Waals surface area contributed by atoms with Crippen molar-refractivity contribution < 1.29 is 0 Å². The average Bonchev–Trinajstić information content (AvgIpc) is 2.59. The Kier molecular flexibility index (Phi) is 5.05. The SMILES string of the molecule is CNC1CCCCCC1N1CC(C)C(N(C)C)C1. The van der Waals surface area contributed by atoms with Crippen LogP contribution in [0.2, 0.25) is 0 Å². The number of hydrogen-bond acceptors (Lipinski definition) is 3. The zero-order valence-corrected chi connectivity index (χ0v) is 12.7. The maximum absolute atomic E-state index is 3.57. The Balaban J connectivity index is 2.01. The van der Waals surface area contributed by atoms with Crippen LogP contribution in [-0.4, -0.2) is 62.2 Å². The molecule has 0 bridgehead atoms. The molecule has 1 aliphatic heterocycles. The number of likely N-dealkylation sites (N-methyl/N-ethyl adjacent to an activating group) is 2. The summed E-state index contributed by atoms with van der Waals surface area (Å²) < 4.78 is 0.